The van der Waals surface area contributed by atoms with Gasteiger partial charge in [0.15, 0.2) is 5.96 Å². The Morgan fingerprint density at radius 3 is 2.43 bits per heavy atom. The van der Waals surface area contributed by atoms with Gasteiger partial charge in [-0.2, -0.15) is 0 Å². The molecule has 0 aromatic heterocycles. The van der Waals surface area contributed by atoms with Crippen molar-refractivity contribution in [3.8, 4) is 0 Å². The molecular formula is C21H42IN5O. The molecule has 1 unspecified atom stereocenters. The van der Waals surface area contributed by atoms with Crippen molar-refractivity contribution in [3.05, 3.63) is 0 Å². The van der Waals surface area contributed by atoms with E-state index in [0.29, 0.717) is 12.0 Å². The minimum Gasteiger partial charge on any atom is -0.379 e. The third kappa shape index (κ3) is 8.71. The van der Waals surface area contributed by atoms with Gasteiger partial charge in [-0.25, -0.2) is 0 Å². The molecule has 3 rings (SSSR count). The van der Waals surface area contributed by atoms with Crippen LogP contribution in [0.25, 0.3) is 0 Å². The highest BCUT2D eigenvalue weighted by Gasteiger charge is 2.33. The number of morpholine rings is 1. The number of ether oxygens (including phenoxy) is 1. The van der Waals surface area contributed by atoms with E-state index < -0.39 is 0 Å². The van der Waals surface area contributed by atoms with Crippen LogP contribution in [0.3, 0.4) is 0 Å². The molecule has 0 aromatic carbocycles. The van der Waals surface area contributed by atoms with Crippen LogP contribution in [0.5, 0.6) is 0 Å². The van der Waals surface area contributed by atoms with Crippen LogP contribution in [0.15, 0.2) is 4.99 Å². The Morgan fingerprint density at radius 2 is 1.86 bits per heavy atom. The zero-order valence-corrected chi connectivity index (χ0v) is 20.5. The van der Waals surface area contributed by atoms with Crippen molar-refractivity contribution in [2.24, 2.45) is 16.8 Å². The third-order valence-electron chi connectivity index (χ3n) is 5.98. The number of guanidine groups is 1. The highest BCUT2D eigenvalue weighted by Crippen LogP contribution is 2.34. The lowest BCUT2D eigenvalue weighted by atomic mass is 10.0. The summed E-state index contributed by atoms with van der Waals surface area (Å²) in [5.41, 5.74) is 0. The quantitative estimate of drug-likeness (QED) is 0.256. The first-order valence-electron chi connectivity index (χ1n) is 11.2. The van der Waals surface area contributed by atoms with Gasteiger partial charge in [0.05, 0.1) is 13.2 Å². The molecular weight excluding hydrogens is 465 g/mol. The van der Waals surface area contributed by atoms with Crippen molar-refractivity contribution in [3.63, 3.8) is 0 Å². The van der Waals surface area contributed by atoms with Crippen LogP contribution in [0.4, 0.5) is 0 Å². The van der Waals surface area contributed by atoms with E-state index in [0.717, 1.165) is 63.9 Å². The summed E-state index contributed by atoms with van der Waals surface area (Å²) >= 11 is 0. The van der Waals surface area contributed by atoms with Gasteiger partial charge >= 0.3 is 0 Å². The molecule has 1 aliphatic heterocycles. The number of hydrogen-bond acceptors (Lipinski definition) is 4. The molecule has 0 spiro atoms. The maximum Gasteiger partial charge on any atom is 0.191 e. The van der Waals surface area contributed by atoms with Gasteiger partial charge in [0.1, 0.15) is 0 Å². The molecule has 3 aliphatic rings. The molecule has 7 heteroatoms. The summed E-state index contributed by atoms with van der Waals surface area (Å²) in [6, 6.07) is 1.41. The van der Waals surface area contributed by atoms with Gasteiger partial charge in [0.2, 0.25) is 0 Å². The highest BCUT2D eigenvalue weighted by atomic mass is 127. The summed E-state index contributed by atoms with van der Waals surface area (Å²) in [7, 11) is 1.88. The van der Waals surface area contributed by atoms with Crippen LogP contribution in [0, 0.1) is 11.8 Å². The lowest BCUT2D eigenvalue weighted by Crippen LogP contribution is -2.51. The molecule has 2 N–H and O–H groups in total. The van der Waals surface area contributed by atoms with Gasteiger partial charge < -0.3 is 15.4 Å². The number of rotatable bonds is 11. The van der Waals surface area contributed by atoms with Crippen LogP contribution in [-0.4, -0.2) is 87.4 Å². The van der Waals surface area contributed by atoms with Crippen LogP contribution in [0.2, 0.25) is 0 Å². The minimum absolute atomic E-state index is 0. The maximum atomic E-state index is 5.53. The van der Waals surface area contributed by atoms with Crippen LogP contribution < -0.4 is 10.6 Å². The van der Waals surface area contributed by atoms with Crippen molar-refractivity contribution in [2.75, 3.05) is 59.5 Å². The van der Waals surface area contributed by atoms with Crippen molar-refractivity contribution in [2.45, 2.75) is 58.0 Å². The molecule has 0 amide bonds. The Labute approximate surface area is 189 Å². The fraction of sp³-hybridized carbons (Fsp3) is 0.952. The molecule has 164 valence electrons. The first kappa shape index (κ1) is 24.2. The number of hydrogen-bond donors (Lipinski definition) is 2. The Kier molecular flexibility index (Phi) is 10.8. The Balaban J connectivity index is 0.00000280. The third-order valence-corrected chi connectivity index (χ3v) is 5.98. The molecule has 1 heterocycles. The van der Waals surface area contributed by atoms with Crippen LogP contribution in [-0.2, 0) is 4.74 Å². The second kappa shape index (κ2) is 12.5. The summed E-state index contributed by atoms with van der Waals surface area (Å²) < 4.78 is 5.53. The number of aliphatic imine (C=N–C) groups is 1. The van der Waals surface area contributed by atoms with Crippen molar-refractivity contribution >= 4 is 29.9 Å². The fourth-order valence-corrected chi connectivity index (χ4v) is 4.10. The Hall–Kier alpha value is -0.120. The zero-order chi connectivity index (χ0) is 19.1. The predicted octanol–water partition coefficient (Wildman–Crippen LogP) is 2.39. The average molecular weight is 508 g/mol. The molecule has 0 aromatic rings. The Bertz CT molecular complexity index is 462. The summed E-state index contributed by atoms with van der Waals surface area (Å²) in [6.45, 7) is 12.8. The van der Waals surface area contributed by atoms with Crippen LogP contribution >= 0.6 is 24.0 Å². The molecule has 2 aliphatic carbocycles. The lowest BCUT2D eigenvalue weighted by molar-refractivity contribution is 0.0132. The first-order chi connectivity index (χ1) is 13.2. The number of halogens is 1. The fourth-order valence-electron chi connectivity index (χ4n) is 4.10. The molecule has 6 nitrogen and oxygen atoms in total. The van der Waals surface area contributed by atoms with Crippen molar-refractivity contribution in [1.29, 1.82) is 0 Å². The van der Waals surface area contributed by atoms with E-state index in [2.05, 4.69) is 39.3 Å². The van der Waals surface area contributed by atoms with Gasteiger partial charge in [0.25, 0.3) is 0 Å². The van der Waals surface area contributed by atoms with Gasteiger partial charge in [0, 0.05) is 58.4 Å². The van der Waals surface area contributed by atoms with Crippen molar-refractivity contribution in [1.82, 2.24) is 20.4 Å². The lowest BCUT2D eigenvalue weighted by Gasteiger charge is -2.35. The molecule has 2 saturated carbocycles. The number of nitrogens with zero attached hydrogens (tertiary/aromatic N) is 3. The largest absolute Gasteiger partial charge is 0.379 e. The predicted molar refractivity (Wildman–Crippen MR) is 128 cm³/mol. The molecule has 3 fully saturated rings. The normalized spacial score (nSPS) is 22.2. The molecule has 1 atom stereocenters. The van der Waals surface area contributed by atoms with E-state index in [9.17, 15) is 0 Å². The summed E-state index contributed by atoms with van der Waals surface area (Å²) in [5.74, 6) is 2.62. The second-order valence-corrected chi connectivity index (χ2v) is 8.98. The summed E-state index contributed by atoms with van der Waals surface area (Å²) in [5, 5.41) is 7.12. The number of nitrogens with one attached hydrogen (secondary N) is 2. The molecule has 0 radical (unpaired) electrons. The minimum atomic E-state index is 0. The highest BCUT2D eigenvalue weighted by molar-refractivity contribution is 14.0. The standard InChI is InChI=1S/C21H41N5O.HI/c1-17(2)14-20(25-10-12-27-13-11-25)15-24-21(22-3)23-8-9-26(19-6-7-19)16-18-4-5-18;/h17-20H,4-16H2,1-3H3,(H2,22,23,24);1H. The SMILES string of the molecule is CN=C(NCCN(CC1CC1)C1CC1)NCC(CC(C)C)N1CCOCC1.I. The summed E-state index contributed by atoms with van der Waals surface area (Å²) in [6.07, 6.45) is 6.89. The van der Waals surface area contributed by atoms with E-state index in [1.807, 2.05) is 7.05 Å². The monoisotopic (exact) mass is 507 g/mol. The van der Waals surface area contributed by atoms with Gasteiger partial charge in [-0.1, -0.05) is 13.8 Å². The summed E-state index contributed by atoms with van der Waals surface area (Å²) in [4.78, 5) is 9.73. The van der Waals surface area contributed by atoms with E-state index >= 15 is 0 Å². The van der Waals surface area contributed by atoms with E-state index in [4.69, 9.17) is 4.74 Å². The molecule has 28 heavy (non-hydrogen) atoms. The van der Waals surface area contributed by atoms with Gasteiger partial charge in [-0.05, 0) is 43.9 Å². The van der Waals surface area contributed by atoms with Gasteiger partial charge in [-0.15, -0.1) is 24.0 Å². The smallest absolute Gasteiger partial charge is 0.191 e. The molecule has 0 bridgehead atoms. The second-order valence-electron chi connectivity index (χ2n) is 8.98. The zero-order valence-electron chi connectivity index (χ0n) is 18.2. The van der Waals surface area contributed by atoms with E-state index in [-0.39, 0.29) is 24.0 Å². The topological polar surface area (TPSA) is 52.1 Å². The maximum absolute atomic E-state index is 5.53. The molecule has 1 saturated heterocycles. The van der Waals surface area contributed by atoms with Crippen LogP contribution in [0.1, 0.15) is 46.0 Å². The van der Waals surface area contributed by atoms with E-state index in [1.54, 1.807) is 0 Å². The average Bonchev–Trinajstić information content (AvgIpc) is 3.56. The first-order valence-corrected chi connectivity index (χ1v) is 11.2. The Morgan fingerprint density at radius 1 is 1.14 bits per heavy atom. The van der Waals surface area contributed by atoms with Crippen molar-refractivity contribution < 1.29 is 4.74 Å². The van der Waals surface area contributed by atoms with Gasteiger partial charge in [-0.3, -0.25) is 14.8 Å². The van der Waals surface area contributed by atoms with E-state index in [1.165, 1.54) is 38.6 Å².